The van der Waals surface area contributed by atoms with E-state index in [9.17, 15) is 8.42 Å². The SMILES string of the molecule is COc1cc(S(C)(=O)=O)ccc1C1(N)C=C(N)C2=CCN(COCC[Si](C)(C)C)C2=N1. The number of nitrogens with zero attached hydrogens (tertiary/aromatic N) is 2. The summed E-state index contributed by atoms with van der Waals surface area (Å²) in [5.41, 5.74) is 13.6. The van der Waals surface area contributed by atoms with Crippen molar-refractivity contribution in [2.75, 3.05) is 33.2 Å². The highest BCUT2D eigenvalue weighted by Crippen LogP contribution is 2.37. The van der Waals surface area contributed by atoms with Gasteiger partial charge in [-0.25, -0.2) is 13.4 Å². The van der Waals surface area contributed by atoms with Gasteiger partial charge in [0, 0.05) is 44.3 Å². The number of hydrogen-bond acceptors (Lipinski definition) is 8. The minimum atomic E-state index is -3.39. The molecule has 1 aromatic carbocycles. The van der Waals surface area contributed by atoms with E-state index < -0.39 is 23.6 Å². The van der Waals surface area contributed by atoms with Crippen molar-refractivity contribution < 1.29 is 17.9 Å². The summed E-state index contributed by atoms with van der Waals surface area (Å²) in [5, 5.41) is 0. The zero-order valence-corrected chi connectivity index (χ0v) is 20.6. The summed E-state index contributed by atoms with van der Waals surface area (Å²) in [5.74, 6) is 1.01. The Morgan fingerprint density at radius 2 is 2.00 bits per heavy atom. The molecule has 31 heavy (non-hydrogen) atoms. The number of aliphatic imine (C=N–C) groups is 1. The molecule has 0 bridgehead atoms. The second kappa shape index (κ2) is 8.42. The van der Waals surface area contributed by atoms with Crippen LogP contribution in [0.2, 0.25) is 25.7 Å². The maximum Gasteiger partial charge on any atom is 0.175 e. The van der Waals surface area contributed by atoms with Crippen molar-refractivity contribution in [3.63, 3.8) is 0 Å². The van der Waals surface area contributed by atoms with E-state index in [1.807, 2.05) is 11.0 Å². The van der Waals surface area contributed by atoms with Gasteiger partial charge in [0.15, 0.2) is 15.5 Å². The average molecular weight is 465 g/mol. The van der Waals surface area contributed by atoms with Gasteiger partial charge in [0.05, 0.1) is 12.0 Å². The molecular formula is C21H32N4O4SSi. The minimum absolute atomic E-state index is 0.149. The summed E-state index contributed by atoms with van der Waals surface area (Å²) in [6.07, 6.45) is 4.83. The smallest absolute Gasteiger partial charge is 0.175 e. The van der Waals surface area contributed by atoms with Crippen LogP contribution in [0.1, 0.15) is 5.56 Å². The fourth-order valence-corrected chi connectivity index (χ4v) is 4.88. The molecule has 0 saturated carbocycles. The minimum Gasteiger partial charge on any atom is -0.496 e. The van der Waals surface area contributed by atoms with E-state index in [4.69, 9.17) is 25.9 Å². The Morgan fingerprint density at radius 3 is 2.61 bits per heavy atom. The Kier molecular flexibility index (Phi) is 6.39. The quantitative estimate of drug-likeness (QED) is 0.446. The summed E-state index contributed by atoms with van der Waals surface area (Å²) >= 11 is 0. The van der Waals surface area contributed by atoms with Gasteiger partial charge in [-0.15, -0.1) is 0 Å². The molecule has 2 aliphatic heterocycles. The number of fused-ring (bicyclic) bond motifs is 1. The second-order valence-electron chi connectivity index (χ2n) is 9.18. The Bertz CT molecular complexity index is 1060. The highest BCUT2D eigenvalue weighted by atomic mass is 32.2. The Labute approximate surface area is 185 Å². The van der Waals surface area contributed by atoms with Gasteiger partial charge in [0.2, 0.25) is 0 Å². The van der Waals surface area contributed by atoms with Crippen molar-refractivity contribution in [3.05, 3.63) is 47.2 Å². The number of benzene rings is 1. The molecule has 0 fully saturated rings. The highest BCUT2D eigenvalue weighted by molar-refractivity contribution is 7.90. The summed E-state index contributed by atoms with van der Waals surface area (Å²) < 4.78 is 35.2. The Hall–Kier alpha value is -2.14. The third kappa shape index (κ3) is 5.20. The fraction of sp³-hybridized carbons (Fsp3) is 0.476. The lowest BCUT2D eigenvalue weighted by molar-refractivity contribution is 0.0801. The van der Waals surface area contributed by atoms with Crippen LogP contribution < -0.4 is 16.2 Å². The third-order valence-corrected chi connectivity index (χ3v) is 8.12. The second-order valence-corrected chi connectivity index (χ2v) is 16.8. The van der Waals surface area contributed by atoms with Crippen LogP contribution in [-0.2, 0) is 20.2 Å². The van der Waals surface area contributed by atoms with Crippen molar-refractivity contribution in [2.24, 2.45) is 16.5 Å². The van der Waals surface area contributed by atoms with Crippen molar-refractivity contribution in [1.82, 2.24) is 4.90 Å². The number of nitrogens with two attached hydrogens (primary N) is 2. The summed E-state index contributed by atoms with van der Waals surface area (Å²) in [6.45, 7) is 8.68. The maximum absolute atomic E-state index is 11.9. The van der Waals surface area contributed by atoms with Gasteiger partial charge >= 0.3 is 0 Å². The molecule has 10 heteroatoms. The zero-order chi connectivity index (χ0) is 23.0. The predicted molar refractivity (Wildman–Crippen MR) is 125 cm³/mol. The number of dihydropyridines is 1. The lowest BCUT2D eigenvalue weighted by Gasteiger charge is -2.32. The standard InChI is InChI=1S/C21H32N4O4SSi/c1-28-19-12-15(30(2,26)27)6-7-17(19)21(23)13-18(22)16-8-9-25(20(16)24-21)14-29-10-11-31(3,4)5/h6-8,12-13H,9-11,14,22-23H2,1-5H3. The third-order valence-electron chi connectivity index (χ3n) is 5.31. The molecule has 0 saturated heterocycles. The maximum atomic E-state index is 11.9. The molecule has 1 atom stereocenters. The van der Waals surface area contributed by atoms with Crippen LogP contribution >= 0.6 is 0 Å². The molecule has 1 unspecified atom stereocenters. The van der Waals surface area contributed by atoms with Crippen molar-refractivity contribution in [2.45, 2.75) is 36.2 Å². The monoisotopic (exact) mass is 464 g/mol. The first-order valence-electron chi connectivity index (χ1n) is 10.1. The van der Waals surface area contributed by atoms with Gasteiger partial charge in [0.25, 0.3) is 0 Å². The molecule has 0 aromatic heterocycles. The molecule has 2 heterocycles. The molecule has 3 rings (SSSR count). The molecule has 0 aliphatic carbocycles. The topological polar surface area (TPSA) is 120 Å². The Balaban J connectivity index is 1.90. The number of hydrogen-bond donors (Lipinski definition) is 2. The van der Waals surface area contributed by atoms with Gasteiger partial charge in [-0.05, 0) is 30.3 Å². The van der Waals surface area contributed by atoms with E-state index in [0.717, 1.165) is 17.9 Å². The van der Waals surface area contributed by atoms with E-state index in [0.29, 0.717) is 42.7 Å². The first-order valence-corrected chi connectivity index (χ1v) is 15.7. The van der Waals surface area contributed by atoms with E-state index in [-0.39, 0.29) is 4.90 Å². The van der Waals surface area contributed by atoms with Gasteiger partial charge in [-0.1, -0.05) is 25.7 Å². The van der Waals surface area contributed by atoms with Gasteiger partial charge in [-0.3, -0.25) is 5.73 Å². The molecule has 0 spiro atoms. The van der Waals surface area contributed by atoms with Crippen molar-refractivity contribution in [1.29, 1.82) is 0 Å². The van der Waals surface area contributed by atoms with Crippen LogP contribution in [0.5, 0.6) is 5.75 Å². The molecule has 2 aliphatic rings. The number of rotatable bonds is 8. The zero-order valence-electron chi connectivity index (χ0n) is 18.8. The number of sulfone groups is 1. The van der Waals surface area contributed by atoms with Gasteiger partial charge in [0.1, 0.15) is 18.3 Å². The van der Waals surface area contributed by atoms with Crippen molar-refractivity contribution >= 4 is 23.7 Å². The molecule has 0 amide bonds. The van der Waals surface area contributed by atoms with E-state index >= 15 is 0 Å². The molecule has 170 valence electrons. The number of ether oxygens (including phenoxy) is 2. The molecule has 0 radical (unpaired) electrons. The van der Waals surface area contributed by atoms with Crippen LogP contribution in [0.4, 0.5) is 0 Å². The first-order chi connectivity index (χ1) is 14.3. The largest absolute Gasteiger partial charge is 0.496 e. The summed E-state index contributed by atoms with van der Waals surface area (Å²) in [4.78, 5) is 6.95. The van der Waals surface area contributed by atoms with Crippen LogP contribution in [-0.4, -0.2) is 60.5 Å². The van der Waals surface area contributed by atoms with Crippen LogP contribution in [0.15, 0.2) is 51.5 Å². The predicted octanol–water partition coefficient (Wildman–Crippen LogP) is 2.02. The van der Waals surface area contributed by atoms with Crippen LogP contribution in [0.3, 0.4) is 0 Å². The lowest BCUT2D eigenvalue weighted by atomic mass is 9.94. The first kappa shape index (κ1) is 23.5. The summed E-state index contributed by atoms with van der Waals surface area (Å²) in [7, 11) is -3.09. The lowest BCUT2D eigenvalue weighted by Crippen LogP contribution is -2.42. The number of amidine groups is 1. The molecule has 4 N–H and O–H groups in total. The Morgan fingerprint density at radius 1 is 1.29 bits per heavy atom. The normalized spacial score (nSPS) is 21.4. The highest BCUT2D eigenvalue weighted by Gasteiger charge is 2.37. The van der Waals surface area contributed by atoms with Crippen molar-refractivity contribution in [3.8, 4) is 5.75 Å². The van der Waals surface area contributed by atoms with Gasteiger partial charge in [-0.2, -0.15) is 0 Å². The summed E-state index contributed by atoms with van der Waals surface area (Å²) in [6, 6.07) is 5.67. The fourth-order valence-electron chi connectivity index (χ4n) is 3.49. The van der Waals surface area contributed by atoms with E-state index in [1.54, 1.807) is 12.1 Å². The van der Waals surface area contributed by atoms with Crippen LogP contribution in [0.25, 0.3) is 0 Å². The van der Waals surface area contributed by atoms with Gasteiger partial charge < -0.3 is 20.1 Å². The van der Waals surface area contributed by atoms with Crippen LogP contribution in [0, 0.1) is 0 Å². The average Bonchev–Trinajstić information content (AvgIpc) is 3.06. The van der Waals surface area contributed by atoms with E-state index in [2.05, 4.69) is 19.6 Å². The molecule has 8 nitrogen and oxygen atoms in total. The number of methoxy groups -OCH3 is 1. The molecule has 1 aromatic rings. The molecular weight excluding hydrogens is 432 g/mol. The van der Waals surface area contributed by atoms with E-state index in [1.165, 1.54) is 19.2 Å².